The molecule has 0 saturated carbocycles. The lowest BCUT2D eigenvalue weighted by atomic mass is 9.83. The van der Waals surface area contributed by atoms with Gasteiger partial charge in [0, 0.05) is 11.3 Å². The lowest BCUT2D eigenvalue weighted by Crippen LogP contribution is -2.36. The van der Waals surface area contributed by atoms with Crippen molar-refractivity contribution in [1.82, 2.24) is 5.01 Å². The summed E-state index contributed by atoms with van der Waals surface area (Å²) < 4.78 is 5.55. The molecule has 0 fully saturated rings. The maximum absolute atomic E-state index is 13.7. The van der Waals surface area contributed by atoms with E-state index in [1.807, 2.05) is 85.8 Å². The van der Waals surface area contributed by atoms with Gasteiger partial charge in [-0.05, 0) is 66.1 Å². The number of carboxylic acids is 1. The number of rotatable bonds is 13. The number of hydrogen-bond donors (Lipinski definition) is 2. The monoisotopic (exact) mass is 569 g/mol. The first-order chi connectivity index (χ1) is 20.3. The van der Waals surface area contributed by atoms with E-state index in [0.717, 1.165) is 35.1 Å². The van der Waals surface area contributed by atoms with E-state index in [1.54, 1.807) is 0 Å². The standard InChI is InChI=1S/C34H39N3O5/c1-4-10-23(3)31(32(39)35-29-14-9-11-25(20-29)19-26(5-2)34(40)41)27-17-15-24(16-18-27)21-37-30(38)22-42-33(36-37)28-12-7-6-8-13-28/h6-9,11-18,20,23,26,31H,4-5,10,19,21-22H2,1-3H3,(H,35,39)(H,40,41). The minimum Gasteiger partial charge on any atom is -0.481 e. The zero-order valence-electron chi connectivity index (χ0n) is 24.5. The first kappa shape index (κ1) is 30.5. The van der Waals surface area contributed by atoms with E-state index in [1.165, 1.54) is 5.01 Å². The highest BCUT2D eigenvalue weighted by Crippen LogP contribution is 2.30. The second kappa shape index (κ2) is 14.4. The summed E-state index contributed by atoms with van der Waals surface area (Å²) in [5.74, 6) is -1.47. The Labute approximate surface area is 247 Å². The quantitative estimate of drug-likeness (QED) is 0.254. The van der Waals surface area contributed by atoms with Gasteiger partial charge < -0.3 is 15.2 Å². The van der Waals surface area contributed by atoms with Gasteiger partial charge in [-0.3, -0.25) is 14.4 Å². The third-order valence-corrected chi connectivity index (χ3v) is 7.64. The van der Waals surface area contributed by atoms with Crippen molar-refractivity contribution in [2.45, 2.75) is 58.9 Å². The molecule has 8 nitrogen and oxygen atoms in total. The van der Waals surface area contributed by atoms with E-state index >= 15 is 0 Å². The number of amides is 2. The molecule has 8 heteroatoms. The number of carboxylic acid groups (broad SMARTS) is 1. The molecule has 0 saturated heterocycles. The molecule has 0 radical (unpaired) electrons. The smallest absolute Gasteiger partial charge is 0.306 e. The van der Waals surface area contributed by atoms with Crippen molar-refractivity contribution >= 4 is 29.4 Å². The van der Waals surface area contributed by atoms with Crippen molar-refractivity contribution in [2.24, 2.45) is 16.9 Å². The molecule has 220 valence electrons. The van der Waals surface area contributed by atoms with Crippen LogP contribution in [-0.4, -0.2) is 40.4 Å². The number of carbonyl (C=O) groups is 3. The SMILES string of the molecule is CCCC(C)C(C(=O)Nc1cccc(CC(CC)C(=O)O)c1)c1ccc(CN2N=C(c3ccccc3)OCC2=O)cc1. The third-order valence-electron chi connectivity index (χ3n) is 7.64. The van der Waals surface area contributed by atoms with Gasteiger partial charge in [0.1, 0.15) is 0 Å². The molecule has 1 aliphatic heterocycles. The molecule has 0 aromatic heterocycles. The van der Waals surface area contributed by atoms with Crippen LogP contribution < -0.4 is 5.32 Å². The van der Waals surface area contributed by atoms with Gasteiger partial charge in [-0.2, -0.15) is 0 Å². The van der Waals surface area contributed by atoms with Crippen LogP contribution in [0.1, 0.15) is 68.2 Å². The largest absolute Gasteiger partial charge is 0.481 e. The summed E-state index contributed by atoms with van der Waals surface area (Å²) in [5, 5.41) is 18.4. The van der Waals surface area contributed by atoms with Gasteiger partial charge in [0.15, 0.2) is 6.61 Å². The summed E-state index contributed by atoms with van der Waals surface area (Å²) in [6.45, 7) is 6.28. The van der Waals surface area contributed by atoms with Gasteiger partial charge in [0.2, 0.25) is 11.8 Å². The van der Waals surface area contributed by atoms with Crippen molar-refractivity contribution < 1.29 is 24.2 Å². The molecule has 1 heterocycles. The molecule has 3 atom stereocenters. The lowest BCUT2D eigenvalue weighted by molar-refractivity contribution is -0.141. The number of aliphatic carboxylic acids is 1. The van der Waals surface area contributed by atoms with Gasteiger partial charge in [0.25, 0.3) is 5.91 Å². The Kier molecular flexibility index (Phi) is 10.5. The highest BCUT2D eigenvalue weighted by Gasteiger charge is 2.28. The Bertz CT molecular complexity index is 1400. The summed E-state index contributed by atoms with van der Waals surface area (Å²) in [6, 6.07) is 24.7. The van der Waals surface area contributed by atoms with E-state index < -0.39 is 11.9 Å². The lowest BCUT2D eigenvalue weighted by Gasteiger charge is -2.25. The summed E-state index contributed by atoms with van der Waals surface area (Å²) in [7, 11) is 0. The highest BCUT2D eigenvalue weighted by molar-refractivity contribution is 5.98. The molecule has 3 unspecified atom stereocenters. The zero-order chi connectivity index (χ0) is 30.1. The molecule has 0 spiro atoms. The van der Waals surface area contributed by atoms with Crippen LogP contribution in [0.5, 0.6) is 0 Å². The molecule has 0 bridgehead atoms. The number of carbonyl (C=O) groups excluding carboxylic acids is 2. The van der Waals surface area contributed by atoms with Crippen molar-refractivity contribution in [3.63, 3.8) is 0 Å². The first-order valence-corrected chi connectivity index (χ1v) is 14.6. The van der Waals surface area contributed by atoms with Gasteiger partial charge >= 0.3 is 5.97 Å². The summed E-state index contributed by atoms with van der Waals surface area (Å²) in [4.78, 5) is 37.7. The fourth-order valence-electron chi connectivity index (χ4n) is 5.29. The van der Waals surface area contributed by atoms with Crippen LogP contribution in [0.15, 0.2) is 84.0 Å². The predicted octanol–water partition coefficient (Wildman–Crippen LogP) is 6.22. The fourth-order valence-corrected chi connectivity index (χ4v) is 5.29. The van der Waals surface area contributed by atoms with Crippen LogP contribution in [0.2, 0.25) is 0 Å². The minimum atomic E-state index is -0.815. The van der Waals surface area contributed by atoms with Gasteiger partial charge in [-0.1, -0.05) is 81.8 Å². The fraction of sp³-hybridized carbons (Fsp3) is 0.353. The van der Waals surface area contributed by atoms with Crippen molar-refractivity contribution in [1.29, 1.82) is 0 Å². The van der Waals surface area contributed by atoms with E-state index in [9.17, 15) is 19.5 Å². The van der Waals surface area contributed by atoms with E-state index in [4.69, 9.17) is 4.74 Å². The Morgan fingerprint density at radius 1 is 1.00 bits per heavy atom. The maximum atomic E-state index is 13.7. The minimum absolute atomic E-state index is 0.0702. The molecule has 2 amide bonds. The molecule has 3 aromatic carbocycles. The molecule has 4 rings (SSSR count). The van der Waals surface area contributed by atoms with Crippen molar-refractivity contribution in [3.05, 3.63) is 101 Å². The number of nitrogens with one attached hydrogen (secondary N) is 1. The molecular formula is C34H39N3O5. The summed E-state index contributed by atoms with van der Waals surface area (Å²) >= 11 is 0. The van der Waals surface area contributed by atoms with Gasteiger partial charge in [-0.25, -0.2) is 5.01 Å². The van der Waals surface area contributed by atoms with Crippen LogP contribution in [0, 0.1) is 11.8 Å². The molecular weight excluding hydrogens is 530 g/mol. The number of hydrazone groups is 1. The van der Waals surface area contributed by atoms with E-state index in [-0.39, 0.29) is 30.3 Å². The van der Waals surface area contributed by atoms with Crippen LogP contribution in [0.4, 0.5) is 5.69 Å². The van der Waals surface area contributed by atoms with Crippen molar-refractivity contribution in [3.8, 4) is 0 Å². The van der Waals surface area contributed by atoms with Crippen LogP contribution in [0.3, 0.4) is 0 Å². The van der Waals surface area contributed by atoms with Crippen LogP contribution in [0.25, 0.3) is 0 Å². The Hall–Kier alpha value is -4.46. The van der Waals surface area contributed by atoms with E-state index in [0.29, 0.717) is 31.0 Å². The second-order valence-electron chi connectivity index (χ2n) is 10.8. The summed E-state index contributed by atoms with van der Waals surface area (Å²) in [5.41, 5.74) is 4.12. The molecule has 0 aliphatic carbocycles. The average Bonchev–Trinajstić information content (AvgIpc) is 2.98. The van der Waals surface area contributed by atoms with Crippen LogP contribution in [-0.2, 0) is 32.1 Å². The number of nitrogens with zero attached hydrogens (tertiary/aromatic N) is 2. The third kappa shape index (κ3) is 7.84. The average molecular weight is 570 g/mol. The van der Waals surface area contributed by atoms with E-state index in [2.05, 4.69) is 24.3 Å². The summed E-state index contributed by atoms with van der Waals surface area (Å²) in [6.07, 6.45) is 2.79. The number of anilines is 1. The maximum Gasteiger partial charge on any atom is 0.306 e. The number of benzene rings is 3. The normalized spacial score (nSPS) is 15.3. The molecule has 3 aromatic rings. The molecule has 1 aliphatic rings. The zero-order valence-corrected chi connectivity index (χ0v) is 24.5. The number of hydrogen-bond acceptors (Lipinski definition) is 5. The highest BCUT2D eigenvalue weighted by atomic mass is 16.5. The van der Waals surface area contributed by atoms with Gasteiger partial charge in [0.05, 0.1) is 18.4 Å². The number of ether oxygens (including phenoxy) is 1. The van der Waals surface area contributed by atoms with Crippen molar-refractivity contribution in [2.75, 3.05) is 11.9 Å². The molecule has 2 N–H and O–H groups in total. The Morgan fingerprint density at radius 2 is 1.74 bits per heavy atom. The Balaban J connectivity index is 1.49. The first-order valence-electron chi connectivity index (χ1n) is 14.6. The predicted molar refractivity (Wildman–Crippen MR) is 163 cm³/mol. The topological polar surface area (TPSA) is 108 Å². The second-order valence-corrected chi connectivity index (χ2v) is 10.8. The Morgan fingerprint density at radius 3 is 2.40 bits per heavy atom. The molecule has 42 heavy (non-hydrogen) atoms. The van der Waals surface area contributed by atoms with Crippen LogP contribution >= 0.6 is 0 Å². The van der Waals surface area contributed by atoms with Gasteiger partial charge in [-0.15, -0.1) is 5.10 Å².